The second-order valence-corrected chi connectivity index (χ2v) is 7.46. The molecule has 3 heterocycles. The Hall–Kier alpha value is -2.47. The Morgan fingerprint density at radius 2 is 2.00 bits per heavy atom. The van der Waals surface area contributed by atoms with Crippen LogP contribution in [0.4, 0.5) is 0 Å². The minimum atomic E-state index is -0.0412. The predicted octanol–water partition coefficient (Wildman–Crippen LogP) is 4.08. The number of hydrogen-bond donors (Lipinski definition) is 0. The van der Waals surface area contributed by atoms with Crippen LogP contribution in [0.25, 0.3) is 0 Å². The maximum Gasteiger partial charge on any atom is 0.234 e. The predicted molar refractivity (Wildman–Crippen MR) is 103 cm³/mol. The fourth-order valence-electron chi connectivity index (χ4n) is 2.91. The van der Waals surface area contributed by atoms with Gasteiger partial charge in [0.2, 0.25) is 11.7 Å². The number of Topliss-reactive ketones (excluding diaryl/α,β-unsaturated/α-hetero) is 1. The van der Waals surface area contributed by atoms with Gasteiger partial charge in [-0.3, -0.25) is 4.79 Å². The van der Waals surface area contributed by atoms with Gasteiger partial charge in [0.05, 0.1) is 5.69 Å². The van der Waals surface area contributed by atoms with E-state index in [0.29, 0.717) is 11.4 Å². The SMILES string of the molecule is Cc1cc(OCC(=O)c2cc(C)n(CCc3cccs3)c2C)nnc1C. The van der Waals surface area contributed by atoms with Crippen molar-refractivity contribution < 1.29 is 9.53 Å². The summed E-state index contributed by atoms with van der Waals surface area (Å²) in [5.41, 5.74) is 4.64. The Morgan fingerprint density at radius 3 is 2.69 bits per heavy atom. The second-order valence-electron chi connectivity index (χ2n) is 6.43. The summed E-state index contributed by atoms with van der Waals surface area (Å²) >= 11 is 1.76. The molecule has 0 aliphatic carbocycles. The molecule has 0 fully saturated rings. The standard InChI is InChI=1S/C20H23N3O2S/c1-13-10-20(22-21-15(13)3)25-12-19(24)18-11-14(2)23(16(18)4)8-7-17-6-5-9-26-17/h5-6,9-11H,7-8,12H2,1-4H3. The first-order chi connectivity index (χ1) is 12.5. The van der Waals surface area contributed by atoms with Gasteiger partial charge in [0.15, 0.2) is 6.61 Å². The summed E-state index contributed by atoms with van der Waals surface area (Å²) in [6, 6.07) is 7.96. The highest BCUT2D eigenvalue weighted by Gasteiger charge is 2.16. The van der Waals surface area contributed by atoms with Crippen molar-refractivity contribution in [3.8, 4) is 5.88 Å². The number of ether oxygens (including phenoxy) is 1. The molecule has 0 aliphatic heterocycles. The van der Waals surface area contributed by atoms with Gasteiger partial charge < -0.3 is 9.30 Å². The average molecular weight is 369 g/mol. The monoisotopic (exact) mass is 369 g/mol. The van der Waals surface area contributed by atoms with E-state index in [0.717, 1.165) is 35.6 Å². The summed E-state index contributed by atoms with van der Waals surface area (Å²) in [5.74, 6) is 0.341. The van der Waals surface area contributed by atoms with Crippen LogP contribution >= 0.6 is 11.3 Å². The van der Waals surface area contributed by atoms with Crippen LogP contribution < -0.4 is 4.74 Å². The van der Waals surface area contributed by atoms with Crippen molar-refractivity contribution in [2.45, 2.75) is 40.7 Å². The van der Waals surface area contributed by atoms with E-state index in [1.807, 2.05) is 33.8 Å². The summed E-state index contributed by atoms with van der Waals surface area (Å²) in [6.45, 7) is 8.70. The van der Waals surface area contributed by atoms with Crippen LogP contribution in [-0.2, 0) is 13.0 Å². The van der Waals surface area contributed by atoms with Gasteiger partial charge >= 0.3 is 0 Å². The molecule has 6 heteroatoms. The number of hydrogen-bond acceptors (Lipinski definition) is 5. The molecular formula is C20H23N3O2S. The fraction of sp³-hybridized carbons (Fsp3) is 0.350. The number of rotatable bonds is 7. The minimum Gasteiger partial charge on any atom is -0.468 e. The van der Waals surface area contributed by atoms with Crippen LogP contribution in [0, 0.1) is 27.7 Å². The van der Waals surface area contributed by atoms with Crippen molar-refractivity contribution in [3.05, 3.63) is 62.7 Å². The van der Waals surface area contributed by atoms with Gasteiger partial charge in [0.1, 0.15) is 0 Å². The molecule has 0 bridgehead atoms. The molecule has 0 aliphatic rings. The van der Waals surface area contributed by atoms with Crippen LogP contribution in [0.15, 0.2) is 29.6 Å². The van der Waals surface area contributed by atoms with Gasteiger partial charge in [-0.2, -0.15) is 5.10 Å². The van der Waals surface area contributed by atoms with Crippen LogP contribution in [0.3, 0.4) is 0 Å². The van der Waals surface area contributed by atoms with E-state index in [2.05, 4.69) is 32.3 Å². The average Bonchev–Trinajstić information content (AvgIpc) is 3.22. The van der Waals surface area contributed by atoms with Crippen LogP contribution in [-0.4, -0.2) is 27.2 Å². The summed E-state index contributed by atoms with van der Waals surface area (Å²) in [5, 5.41) is 10.1. The highest BCUT2D eigenvalue weighted by atomic mass is 32.1. The summed E-state index contributed by atoms with van der Waals surface area (Å²) in [4.78, 5) is 14.0. The molecule has 0 spiro atoms. The molecule has 136 valence electrons. The van der Waals surface area contributed by atoms with Crippen molar-refractivity contribution in [1.29, 1.82) is 0 Å². The third kappa shape index (κ3) is 4.02. The van der Waals surface area contributed by atoms with Gasteiger partial charge in [-0.1, -0.05) is 6.07 Å². The van der Waals surface area contributed by atoms with E-state index in [1.54, 1.807) is 17.4 Å². The van der Waals surface area contributed by atoms with Gasteiger partial charge in [-0.25, -0.2) is 0 Å². The fourth-order valence-corrected chi connectivity index (χ4v) is 3.61. The Morgan fingerprint density at radius 1 is 1.19 bits per heavy atom. The summed E-state index contributed by atoms with van der Waals surface area (Å²) in [7, 11) is 0. The lowest BCUT2D eigenvalue weighted by Gasteiger charge is -2.09. The number of aromatic nitrogens is 3. The van der Waals surface area contributed by atoms with Crippen LogP contribution in [0.2, 0.25) is 0 Å². The van der Waals surface area contributed by atoms with Gasteiger partial charge in [-0.15, -0.1) is 16.4 Å². The molecule has 26 heavy (non-hydrogen) atoms. The van der Waals surface area contributed by atoms with Gasteiger partial charge in [-0.05, 0) is 57.2 Å². The van der Waals surface area contributed by atoms with Gasteiger partial charge in [0, 0.05) is 34.4 Å². The number of ketones is 1. The molecule has 0 unspecified atom stereocenters. The molecule has 5 nitrogen and oxygen atoms in total. The van der Waals surface area contributed by atoms with E-state index < -0.39 is 0 Å². The lowest BCUT2D eigenvalue weighted by molar-refractivity contribution is 0.0916. The minimum absolute atomic E-state index is 0.0353. The summed E-state index contributed by atoms with van der Waals surface area (Å²) in [6.07, 6.45) is 0.969. The quantitative estimate of drug-likeness (QED) is 0.589. The van der Waals surface area contributed by atoms with Crippen molar-refractivity contribution in [2.75, 3.05) is 6.61 Å². The molecule has 0 amide bonds. The van der Waals surface area contributed by atoms with Gasteiger partial charge in [0.25, 0.3) is 0 Å². The van der Waals surface area contributed by atoms with E-state index >= 15 is 0 Å². The van der Waals surface area contributed by atoms with E-state index in [-0.39, 0.29) is 12.4 Å². The molecule has 0 saturated heterocycles. The smallest absolute Gasteiger partial charge is 0.234 e. The van der Waals surface area contributed by atoms with Crippen molar-refractivity contribution in [3.63, 3.8) is 0 Å². The molecule has 0 aromatic carbocycles. The molecule has 0 saturated carbocycles. The summed E-state index contributed by atoms with van der Waals surface area (Å²) < 4.78 is 7.75. The Balaban J connectivity index is 1.67. The second kappa shape index (κ2) is 7.83. The maximum atomic E-state index is 12.6. The Bertz CT molecular complexity index is 914. The maximum absolute atomic E-state index is 12.6. The molecule has 0 atom stereocenters. The Labute approximate surface area is 157 Å². The van der Waals surface area contributed by atoms with Crippen molar-refractivity contribution in [2.24, 2.45) is 0 Å². The largest absolute Gasteiger partial charge is 0.468 e. The van der Waals surface area contributed by atoms with E-state index in [1.165, 1.54) is 4.88 Å². The van der Waals surface area contributed by atoms with Crippen molar-refractivity contribution in [1.82, 2.24) is 14.8 Å². The van der Waals surface area contributed by atoms with Crippen LogP contribution in [0.5, 0.6) is 5.88 Å². The molecule has 0 N–H and O–H groups in total. The van der Waals surface area contributed by atoms with Crippen molar-refractivity contribution >= 4 is 17.1 Å². The molecule has 3 aromatic heterocycles. The van der Waals surface area contributed by atoms with Crippen LogP contribution in [0.1, 0.15) is 37.9 Å². The lowest BCUT2D eigenvalue weighted by atomic mass is 10.1. The zero-order valence-electron chi connectivity index (χ0n) is 15.6. The first-order valence-electron chi connectivity index (χ1n) is 8.61. The number of aryl methyl sites for hydroxylation is 4. The zero-order chi connectivity index (χ0) is 18.7. The number of carbonyl (C=O) groups excluding carboxylic acids is 1. The number of thiophene rings is 1. The number of carbonyl (C=O) groups is 1. The molecular weight excluding hydrogens is 346 g/mol. The third-order valence-electron chi connectivity index (χ3n) is 4.60. The first-order valence-corrected chi connectivity index (χ1v) is 9.49. The van der Waals surface area contributed by atoms with E-state index in [9.17, 15) is 4.79 Å². The van der Waals surface area contributed by atoms with E-state index in [4.69, 9.17) is 4.74 Å². The molecule has 3 rings (SSSR count). The first kappa shape index (κ1) is 18.3. The molecule has 0 radical (unpaired) electrons. The Kier molecular flexibility index (Phi) is 5.52. The third-order valence-corrected chi connectivity index (χ3v) is 5.53. The highest BCUT2D eigenvalue weighted by Crippen LogP contribution is 2.19. The normalized spacial score (nSPS) is 10.9. The lowest BCUT2D eigenvalue weighted by Crippen LogP contribution is -2.14. The zero-order valence-corrected chi connectivity index (χ0v) is 16.4. The highest BCUT2D eigenvalue weighted by molar-refractivity contribution is 7.09. The number of nitrogens with zero attached hydrogens (tertiary/aromatic N) is 3. The molecule has 3 aromatic rings. The topological polar surface area (TPSA) is 57.0 Å².